The molecule has 2 heteroatoms. The van der Waals surface area contributed by atoms with E-state index in [1.165, 1.54) is 38.5 Å². The third kappa shape index (κ3) is 3.97. The number of halogens is 1. The van der Waals surface area contributed by atoms with Gasteiger partial charge < -0.3 is 4.74 Å². The van der Waals surface area contributed by atoms with Crippen molar-refractivity contribution in [2.75, 3.05) is 12.7 Å². The standard InChI is InChI=1S/C9H17ClO/c10-8-11-7-6-9-4-2-1-3-5-9/h9H,1-8H2. The molecule has 1 rings (SSSR count). The van der Waals surface area contributed by atoms with Gasteiger partial charge in [-0.05, 0) is 12.3 Å². The monoisotopic (exact) mass is 176 g/mol. The molecular formula is C9H17ClO. The molecule has 0 N–H and O–H groups in total. The second kappa shape index (κ2) is 5.84. The lowest BCUT2D eigenvalue weighted by atomic mass is 9.87. The van der Waals surface area contributed by atoms with Crippen molar-refractivity contribution >= 4 is 11.6 Å². The zero-order chi connectivity index (χ0) is 7.94. The van der Waals surface area contributed by atoms with Crippen LogP contribution < -0.4 is 0 Å². The van der Waals surface area contributed by atoms with Crippen molar-refractivity contribution in [3.05, 3.63) is 0 Å². The Labute approximate surface area is 74.1 Å². The van der Waals surface area contributed by atoms with Crippen molar-refractivity contribution in [1.29, 1.82) is 0 Å². The molecule has 1 fully saturated rings. The van der Waals surface area contributed by atoms with Crippen molar-refractivity contribution in [3.63, 3.8) is 0 Å². The van der Waals surface area contributed by atoms with Crippen LogP contribution in [0, 0.1) is 5.92 Å². The van der Waals surface area contributed by atoms with Gasteiger partial charge >= 0.3 is 0 Å². The van der Waals surface area contributed by atoms with Gasteiger partial charge in [0.1, 0.15) is 6.07 Å². The molecule has 11 heavy (non-hydrogen) atoms. The summed E-state index contributed by atoms with van der Waals surface area (Å²) in [6.45, 7) is 0.855. The summed E-state index contributed by atoms with van der Waals surface area (Å²) in [7, 11) is 0. The Morgan fingerprint density at radius 3 is 2.55 bits per heavy atom. The largest absolute Gasteiger partial charge is 0.366 e. The van der Waals surface area contributed by atoms with E-state index in [0.29, 0.717) is 6.07 Å². The van der Waals surface area contributed by atoms with Gasteiger partial charge in [0.2, 0.25) is 0 Å². The molecular weight excluding hydrogens is 160 g/mol. The quantitative estimate of drug-likeness (QED) is 0.472. The molecule has 0 aromatic heterocycles. The predicted octanol–water partition coefficient (Wildman–Crippen LogP) is 3.17. The highest BCUT2D eigenvalue weighted by Gasteiger charge is 2.12. The van der Waals surface area contributed by atoms with Crippen molar-refractivity contribution < 1.29 is 4.74 Å². The van der Waals surface area contributed by atoms with Crippen LogP contribution in [-0.2, 0) is 4.74 Å². The lowest BCUT2D eigenvalue weighted by molar-refractivity contribution is 0.150. The first kappa shape index (κ1) is 9.34. The lowest BCUT2D eigenvalue weighted by Crippen LogP contribution is -2.09. The Hall–Kier alpha value is 0.250. The van der Waals surface area contributed by atoms with E-state index >= 15 is 0 Å². The zero-order valence-electron chi connectivity index (χ0n) is 7.02. The SMILES string of the molecule is ClCOCCC1CCCCC1. The molecule has 0 saturated heterocycles. The van der Waals surface area contributed by atoms with Gasteiger partial charge in [-0.15, -0.1) is 0 Å². The molecule has 1 nitrogen and oxygen atoms in total. The number of hydrogen-bond acceptors (Lipinski definition) is 1. The molecule has 0 unspecified atom stereocenters. The van der Waals surface area contributed by atoms with Gasteiger partial charge in [-0.2, -0.15) is 0 Å². The predicted molar refractivity (Wildman–Crippen MR) is 47.9 cm³/mol. The molecule has 0 radical (unpaired) electrons. The number of rotatable bonds is 4. The van der Waals surface area contributed by atoms with E-state index < -0.39 is 0 Å². The maximum absolute atomic E-state index is 5.40. The fourth-order valence-corrected chi connectivity index (χ4v) is 1.89. The van der Waals surface area contributed by atoms with Gasteiger partial charge in [0, 0.05) is 6.61 Å². The Morgan fingerprint density at radius 2 is 1.91 bits per heavy atom. The molecule has 0 amide bonds. The topological polar surface area (TPSA) is 9.23 Å². The molecule has 0 aliphatic heterocycles. The molecule has 0 spiro atoms. The van der Waals surface area contributed by atoms with E-state index in [9.17, 15) is 0 Å². The van der Waals surface area contributed by atoms with E-state index in [4.69, 9.17) is 16.3 Å². The van der Waals surface area contributed by atoms with Gasteiger partial charge in [0.25, 0.3) is 0 Å². The molecule has 1 aliphatic carbocycles. The summed E-state index contributed by atoms with van der Waals surface area (Å²) >= 11 is 5.40. The van der Waals surface area contributed by atoms with Gasteiger partial charge in [0.15, 0.2) is 0 Å². The van der Waals surface area contributed by atoms with E-state index in [2.05, 4.69) is 0 Å². The minimum absolute atomic E-state index is 0.354. The number of ether oxygens (including phenoxy) is 1. The Balaban J connectivity index is 1.96. The van der Waals surface area contributed by atoms with Crippen LogP contribution in [0.5, 0.6) is 0 Å². The molecule has 1 aliphatic rings. The van der Waals surface area contributed by atoms with Gasteiger partial charge in [-0.3, -0.25) is 0 Å². The molecule has 0 heterocycles. The van der Waals surface area contributed by atoms with Crippen LogP contribution >= 0.6 is 11.6 Å². The smallest absolute Gasteiger partial charge is 0.120 e. The van der Waals surface area contributed by atoms with Crippen molar-refractivity contribution in [2.24, 2.45) is 5.92 Å². The Morgan fingerprint density at radius 1 is 1.18 bits per heavy atom. The van der Waals surface area contributed by atoms with Crippen LogP contribution in [0.4, 0.5) is 0 Å². The average Bonchev–Trinajstić information content (AvgIpc) is 2.07. The molecule has 0 aromatic rings. The highest BCUT2D eigenvalue weighted by molar-refractivity contribution is 6.17. The van der Waals surface area contributed by atoms with E-state index in [1.54, 1.807) is 0 Å². The maximum Gasteiger partial charge on any atom is 0.120 e. The number of alkyl halides is 1. The van der Waals surface area contributed by atoms with E-state index in [-0.39, 0.29) is 0 Å². The van der Waals surface area contributed by atoms with Crippen LogP contribution in [0.25, 0.3) is 0 Å². The fourth-order valence-electron chi connectivity index (χ4n) is 1.78. The fraction of sp³-hybridized carbons (Fsp3) is 1.00. The number of hydrogen-bond donors (Lipinski definition) is 0. The third-order valence-corrected chi connectivity index (χ3v) is 2.63. The van der Waals surface area contributed by atoms with Crippen LogP contribution in [0.3, 0.4) is 0 Å². The summed E-state index contributed by atoms with van der Waals surface area (Å²) in [5, 5.41) is 0. The highest BCUT2D eigenvalue weighted by atomic mass is 35.5. The minimum Gasteiger partial charge on any atom is -0.366 e. The lowest BCUT2D eigenvalue weighted by Gasteiger charge is -2.20. The first-order chi connectivity index (χ1) is 5.43. The van der Waals surface area contributed by atoms with Crippen molar-refractivity contribution in [2.45, 2.75) is 38.5 Å². The highest BCUT2D eigenvalue weighted by Crippen LogP contribution is 2.25. The van der Waals surface area contributed by atoms with Gasteiger partial charge in [-0.25, -0.2) is 0 Å². The van der Waals surface area contributed by atoms with Crippen molar-refractivity contribution in [1.82, 2.24) is 0 Å². The first-order valence-electron chi connectivity index (χ1n) is 4.57. The van der Waals surface area contributed by atoms with Crippen LogP contribution in [0.1, 0.15) is 38.5 Å². The molecule has 0 bridgehead atoms. The van der Waals surface area contributed by atoms with Crippen LogP contribution in [-0.4, -0.2) is 12.7 Å². The van der Waals surface area contributed by atoms with Crippen LogP contribution in [0.15, 0.2) is 0 Å². The minimum atomic E-state index is 0.354. The summed E-state index contributed by atoms with van der Waals surface area (Å²) in [5.41, 5.74) is 0. The van der Waals surface area contributed by atoms with Crippen molar-refractivity contribution in [3.8, 4) is 0 Å². The summed E-state index contributed by atoms with van der Waals surface area (Å²) < 4.78 is 5.10. The third-order valence-electron chi connectivity index (χ3n) is 2.47. The first-order valence-corrected chi connectivity index (χ1v) is 5.10. The van der Waals surface area contributed by atoms with Gasteiger partial charge in [0.05, 0.1) is 0 Å². The normalized spacial score (nSPS) is 20.5. The molecule has 1 saturated carbocycles. The zero-order valence-corrected chi connectivity index (χ0v) is 7.78. The molecule has 0 atom stereocenters. The Kier molecular flexibility index (Phi) is 4.96. The molecule has 0 aromatic carbocycles. The Bertz CT molecular complexity index is 89.6. The van der Waals surface area contributed by atoms with Crippen LogP contribution in [0.2, 0.25) is 0 Å². The summed E-state index contributed by atoms with van der Waals surface area (Å²) in [4.78, 5) is 0. The van der Waals surface area contributed by atoms with Gasteiger partial charge in [-0.1, -0.05) is 43.7 Å². The maximum atomic E-state index is 5.40. The summed E-state index contributed by atoms with van der Waals surface area (Å²) in [5.74, 6) is 0.923. The second-order valence-corrected chi connectivity index (χ2v) is 3.53. The molecule has 66 valence electrons. The second-order valence-electron chi connectivity index (χ2n) is 3.31. The van der Waals surface area contributed by atoms with E-state index in [1.807, 2.05) is 0 Å². The summed E-state index contributed by atoms with van der Waals surface area (Å²) in [6, 6.07) is 0.354. The summed E-state index contributed by atoms with van der Waals surface area (Å²) in [6.07, 6.45) is 8.31. The average molecular weight is 177 g/mol. The van der Waals surface area contributed by atoms with E-state index in [0.717, 1.165) is 12.5 Å².